The Bertz CT molecular complexity index is 656. The Morgan fingerprint density at radius 2 is 1.17 bits per heavy atom. The van der Waals surface area contributed by atoms with Crippen molar-refractivity contribution in [3.8, 4) is 11.5 Å². The zero-order valence-corrected chi connectivity index (χ0v) is 12.9. The summed E-state index contributed by atoms with van der Waals surface area (Å²) in [6.07, 6.45) is 3.03. The van der Waals surface area contributed by atoms with E-state index in [1.54, 1.807) is 12.1 Å². The Balaban J connectivity index is 1.61. The van der Waals surface area contributed by atoms with Gasteiger partial charge in [0.05, 0.1) is 25.4 Å². The number of ether oxygens (including phenoxy) is 2. The monoisotopic (exact) mass is 312 g/mol. The van der Waals surface area contributed by atoms with Gasteiger partial charge in [0.2, 0.25) is 0 Å². The molecular formula is C19H20O4. The van der Waals surface area contributed by atoms with E-state index in [-0.39, 0.29) is 12.2 Å². The largest absolute Gasteiger partial charge is 0.508 e. The normalized spacial score (nSPS) is 22.1. The summed E-state index contributed by atoms with van der Waals surface area (Å²) in [6.45, 7) is 1.61. The van der Waals surface area contributed by atoms with Crippen LogP contribution in [0.25, 0.3) is 0 Å². The van der Waals surface area contributed by atoms with E-state index in [9.17, 15) is 10.2 Å². The first-order chi connectivity index (χ1) is 11.2. The molecule has 2 aromatic carbocycles. The summed E-state index contributed by atoms with van der Waals surface area (Å²) < 4.78 is 10.7. The average Bonchev–Trinajstić information content (AvgIpc) is 3.40. The van der Waals surface area contributed by atoms with Crippen molar-refractivity contribution in [3.05, 3.63) is 58.7 Å². The fraction of sp³-hybridized carbons (Fsp3) is 0.368. The molecule has 2 aliphatic heterocycles. The maximum atomic E-state index is 9.76. The Kier molecular flexibility index (Phi) is 3.71. The third-order valence-electron chi connectivity index (χ3n) is 4.46. The van der Waals surface area contributed by atoms with Crippen molar-refractivity contribution in [1.29, 1.82) is 0 Å². The lowest BCUT2D eigenvalue weighted by atomic mass is 9.92. The molecule has 4 nitrogen and oxygen atoms in total. The Morgan fingerprint density at radius 3 is 1.57 bits per heavy atom. The predicted octanol–water partition coefficient (Wildman–Crippen LogP) is 2.57. The molecule has 2 saturated heterocycles. The second-order valence-electron chi connectivity index (χ2n) is 6.40. The van der Waals surface area contributed by atoms with Crippen LogP contribution in [0.2, 0.25) is 0 Å². The maximum Gasteiger partial charge on any atom is 0.115 e. The first kappa shape index (κ1) is 14.5. The molecule has 2 unspecified atom stereocenters. The van der Waals surface area contributed by atoms with E-state index in [1.165, 1.54) is 11.1 Å². The number of hydrogen-bond donors (Lipinski definition) is 2. The third-order valence-corrected chi connectivity index (χ3v) is 4.46. The molecule has 0 spiro atoms. The van der Waals surface area contributed by atoms with Crippen LogP contribution in [-0.2, 0) is 28.7 Å². The van der Waals surface area contributed by atoms with Gasteiger partial charge >= 0.3 is 0 Å². The van der Waals surface area contributed by atoms with Gasteiger partial charge in [0.1, 0.15) is 11.5 Å². The molecule has 2 heterocycles. The van der Waals surface area contributed by atoms with Crippen LogP contribution < -0.4 is 0 Å². The first-order valence-electron chi connectivity index (χ1n) is 8.02. The van der Waals surface area contributed by atoms with Crippen LogP contribution in [0.5, 0.6) is 11.5 Å². The first-order valence-corrected chi connectivity index (χ1v) is 8.02. The fourth-order valence-electron chi connectivity index (χ4n) is 3.02. The molecule has 2 aromatic rings. The van der Waals surface area contributed by atoms with Crippen LogP contribution in [0.15, 0.2) is 36.4 Å². The topological polar surface area (TPSA) is 65.5 Å². The number of phenols is 2. The van der Waals surface area contributed by atoms with E-state index in [2.05, 4.69) is 0 Å². The number of benzene rings is 2. The van der Waals surface area contributed by atoms with Gasteiger partial charge in [0.25, 0.3) is 0 Å². The van der Waals surface area contributed by atoms with Crippen molar-refractivity contribution in [3.63, 3.8) is 0 Å². The summed E-state index contributed by atoms with van der Waals surface area (Å²) in [5.74, 6) is 0.587. The smallest absolute Gasteiger partial charge is 0.115 e. The minimum Gasteiger partial charge on any atom is -0.508 e. The van der Waals surface area contributed by atoms with Gasteiger partial charge in [-0.25, -0.2) is 0 Å². The molecule has 4 rings (SSSR count). The van der Waals surface area contributed by atoms with E-state index < -0.39 is 0 Å². The maximum absolute atomic E-state index is 9.76. The summed E-state index contributed by atoms with van der Waals surface area (Å²) in [7, 11) is 0. The molecule has 0 radical (unpaired) electrons. The summed E-state index contributed by atoms with van der Waals surface area (Å²) in [6, 6.07) is 11.1. The van der Waals surface area contributed by atoms with Crippen LogP contribution in [0, 0.1) is 0 Å². The lowest BCUT2D eigenvalue weighted by Crippen LogP contribution is -2.03. The van der Waals surface area contributed by atoms with Crippen LogP contribution >= 0.6 is 0 Å². The van der Waals surface area contributed by atoms with Crippen molar-refractivity contribution in [2.45, 2.75) is 31.5 Å². The summed E-state index contributed by atoms with van der Waals surface area (Å²) >= 11 is 0. The summed E-state index contributed by atoms with van der Waals surface area (Å²) in [5.41, 5.74) is 4.66. The number of rotatable bonds is 6. The molecule has 2 fully saturated rings. The van der Waals surface area contributed by atoms with Crippen LogP contribution in [0.3, 0.4) is 0 Å². The summed E-state index contributed by atoms with van der Waals surface area (Å²) in [4.78, 5) is 0. The molecule has 0 aliphatic carbocycles. The molecule has 2 N–H and O–H groups in total. The molecule has 0 amide bonds. The average molecular weight is 312 g/mol. The number of phenolic OH excluding ortho intramolecular Hbond substituents is 2. The molecule has 0 saturated carbocycles. The molecule has 23 heavy (non-hydrogen) atoms. The Hall–Kier alpha value is -2.04. The zero-order chi connectivity index (χ0) is 15.8. The predicted molar refractivity (Wildman–Crippen MR) is 85.9 cm³/mol. The summed E-state index contributed by atoms with van der Waals surface area (Å²) in [5, 5.41) is 19.5. The van der Waals surface area contributed by atoms with Gasteiger partial charge in [-0.15, -0.1) is 0 Å². The highest BCUT2D eigenvalue weighted by Gasteiger charge is 2.26. The standard InChI is InChI=1S/C19H20O4/c20-16-3-1-12(14(6-16)8-18-10-22-18)5-13-2-4-17(21)7-15(13)9-19-11-23-19/h1-4,6-7,18-21H,5,8-11H2. The highest BCUT2D eigenvalue weighted by molar-refractivity contribution is 5.43. The number of hydrogen-bond acceptors (Lipinski definition) is 4. The minimum atomic E-state index is 0.287. The van der Waals surface area contributed by atoms with Crippen LogP contribution in [0.1, 0.15) is 22.3 Å². The lowest BCUT2D eigenvalue weighted by molar-refractivity contribution is 0.406. The van der Waals surface area contributed by atoms with Gasteiger partial charge in [-0.3, -0.25) is 0 Å². The molecule has 2 aliphatic rings. The number of epoxide rings is 2. The molecule has 0 bridgehead atoms. The van der Waals surface area contributed by atoms with E-state index in [0.29, 0.717) is 11.5 Å². The van der Waals surface area contributed by atoms with E-state index in [0.717, 1.165) is 43.6 Å². The number of aromatic hydroxyl groups is 2. The fourth-order valence-corrected chi connectivity index (χ4v) is 3.02. The van der Waals surface area contributed by atoms with Crippen LogP contribution in [-0.4, -0.2) is 35.6 Å². The van der Waals surface area contributed by atoms with Crippen molar-refractivity contribution in [2.24, 2.45) is 0 Å². The van der Waals surface area contributed by atoms with Crippen molar-refractivity contribution < 1.29 is 19.7 Å². The van der Waals surface area contributed by atoms with Gasteiger partial charge in [-0.1, -0.05) is 12.1 Å². The Labute approximate surface area is 135 Å². The second-order valence-corrected chi connectivity index (χ2v) is 6.40. The van der Waals surface area contributed by atoms with Crippen molar-refractivity contribution >= 4 is 0 Å². The van der Waals surface area contributed by atoms with Gasteiger partial charge in [-0.2, -0.15) is 0 Å². The zero-order valence-electron chi connectivity index (χ0n) is 12.9. The van der Waals surface area contributed by atoms with Crippen LogP contribution in [0.4, 0.5) is 0 Å². The van der Waals surface area contributed by atoms with Gasteiger partial charge in [0.15, 0.2) is 0 Å². The minimum absolute atomic E-state index is 0.287. The molecular weight excluding hydrogens is 292 g/mol. The quantitative estimate of drug-likeness (QED) is 0.805. The van der Waals surface area contributed by atoms with Crippen molar-refractivity contribution in [1.82, 2.24) is 0 Å². The van der Waals surface area contributed by atoms with Gasteiger partial charge < -0.3 is 19.7 Å². The second kappa shape index (κ2) is 5.87. The van der Waals surface area contributed by atoms with Crippen molar-refractivity contribution in [2.75, 3.05) is 13.2 Å². The third kappa shape index (κ3) is 3.66. The molecule has 0 aromatic heterocycles. The molecule has 2 atom stereocenters. The van der Waals surface area contributed by atoms with Gasteiger partial charge in [-0.05, 0) is 52.9 Å². The van der Waals surface area contributed by atoms with Gasteiger partial charge in [0, 0.05) is 12.8 Å². The van der Waals surface area contributed by atoms with E-state index in [1.807, 2.05) is 24.3 Å². The van der Waals surface area contributed by atoms with E-state index >= 15 is 0 Å². The molecule has 4 heteroatoms. The Morgan fingerprint density at radius 1 is 0.739 bits per heavy atom. The lowest BCUT2D eigenvalue weighted by Gasteiger charge is -2.13. The molecule has 120 valence electrons. The van der Waals surface area contributed by atoms with E-state index in [4.69, 9.17) is 9.47 Å². The SMILES string of the molecule is Oc1ccc(Cc2ccc(O)cc2CC2CO2)c(CC2CO2)c1. The highest BCUT2D eigenvalue weighted by atomic mass is 16.6. The highest BCUT2D eigenvalue weighted by Crippen LogP contribution is 2.28.